The number of likely N-dealkylation sites (tertiary alicyclic amines) is 1. The fourth-order valence-electron chi connectivity index (χ4n) is 5.88. The SMILES string of the molecule is CCOc1ccc(Cl)c(-n2c(C=C(C)C)c(C(=O)N3CC4CCC(C3)N4)cc(C(C)S/C=C(\C)c3ccc(Cl)cc3)c2=O)c1. The first-order valence-electron chi connectivity index (χ1n) is 15.1. The van der Waals surface area contributed by atoms with Gasteiger partial charge < -0.3 is 15.0 Å². The molecule has 1 N–H and O–H groups in total. The lowest BCUT2D eigenvalue weighted by Gasteiger charge is -2.33. The number of aromatic nitrogens is 1. The van der Waals surface area contributed by atoms with Gasteiger partial charge >= 0.3 is 0 Å². The quantitative estimate of drug-likeness (QED) is 0.252. The second kappa shape index (κ2) is 14.0. The Morgan fingerprint density at radius 1 is 1.07 bits per heavy atom. The van der Waals surface area contributed by atoms with Gasteiger partial charge in [-0.1, -0.05) is 40.9 Å². The molecule has 6 nitrogen and oxygen atoms in total. The summed E-state index contributed by atoms with van der Waals surface area (Å²) in [6.07, 6.45) is 4.03. The Hall–Kier alpha value is -2.97. The first-order chi connectivity index (χ1) is 21.0. The van der Waals surface area contributed by atoms with E-state index >= 15 is 0 Å². The van der Waals surface area contributed by atoms with Crippen molar-refractivity contribution in [3.8, 4) is 11.4 Å². The smallest absolute Gasteiger partial charge is 0.259 e. The predicted octanol–water partition coefficient (Wildman–Crippen LogP) is 8.40. The van der Waals surface area contributed by atoms with Gasteiger partial charge in [0.25, 0.3) is 11.5 Å². The monoisotopic (exact) mass is 651 g/mol. The van der Waals surface area contributed by atoms with Crippen LogP contribution in [-0.4, -0.2) is 47.2 Å². The first-order valence-corrected chi connectivity index (χ1v) is 16.8. The van der Waals surface area contributed by atoms with Gasteiger partial charge in [-0.05, 0) is 100 Å². The van der Waals surface area contributed by atoms with Crippen LogP contribution in [0, 0.1) is 0 Å². The third-order valence-electron chi connectivity index (χ3n) is 8.08. The predicted molar refractivity (Wildman–Crippen MR) is 185 cm³/mol. The summed E-state index contributed by atoms with van der Waals surface area (Å²) in [5, 5.41) is 6.49. The highest BCUT2D eigenvalue weighted by atomic mass is 35.5. The summed E-state index contributed by atoms with van der Waals surface area (Å²) in [5.41, 5.74) is 4.87. The van der Waals surface area contributed by atoms with Crippen LogP contribution in [0.1, 0.15) is 79.9 Å². The molecule has 5 rings (SSSR count). The molecular formula is C35H39Cl2N3O3S. The van der Waals surface area contributed by atoms with Gasteiger partial charge in [0, 0.05) is 47.1 Å². The Bertz CT molecular complexity index is 1650. The van der Waals surface area contributed by atoms with Gasteiger partial charge in [0.05, 0.1) is 28.6 Å². The molecule has 0 spiro atoms. The normalized spacial score (nSPS) is 18.7. The van der Waals surface area contributed by atoms with Crippen molar-refractivity contribution in [2.75, 3.05) is 19.7 Å². The van der Waals surface area contributed by atoms with Crippen molar-refractivity contribution in [1.29, 1.82) is 0 Å². The van der Waals surface area contributed by atoms with Crippen LogP contribution in [0.15, 0.2) is 64.3 Å². The van der Waals surface area contributed by atoms with E-state index in [9.17, 15) is 9.59 Å². The number of rotatable bonds is 9. The number of hydrogen-bond donors (Lipinski definition) is 1. The summed E-state index contributed by atoms with van der Waals surface area (Å²) in [6, 6.07) is 15.4. The Labute approximate surface area is 274 Å². The van der Waals surface area contributed by atoms with E-state index in [0.717, 1.165) is 29.6 Å². The third-order valence-corrected chi connectivity index (χ3v) is 9.81. The molecule has 0 radical (unpaired) electrons. The van der Waals surface area contributed by atoms with Crippen LogP contribution in [-0.2, 0) is 0 Å². The Balaban J connectivity index is 1.66. The maximum atomic E-state index is 14.5. The molecule has 2 aliphatic rings. The van der Waals surface area contributed by atoms with E-state index in [1.54, 1.807) is 34.5 Å². The van der Waals surface area contributed by atoms with E-state index in [1.165, 1.54) is 0 Å². The Kier molecular flexibility index (Phi) is 10.3. The third kappa shape index (κ3) is 7.12. The second-order valence-electron chi connectivity index (χ2n) is 11.7. The largest absolute Gasteiger partial charge is 0.494 e. The Morgan fingerprint density at radius 2 is 1.75 bits per heavy atom. The summed E-state index contributed by atoms with van der Waals surface area (Å²) in [4.78, 5) is 30.8. The summed E-state index contributed by atoms with van der Waals surface area (Å²) in [5.74, 6) is 0.524. The van der Waals surface area contributed by atoms with Gasteiger partial charge in [0.2, 0.25) is 0 Å². The number of halogens is 2. The molecule has 2 aromatic carbocycles. The number of fused-ring (bicyclic) bond motifs is 2. The van der Waals surface area contributed by atoms with Crippen molar-refractivity contribution in [2.45, 2.75) is 64.8 Å². The minimum Gasteiger partial charge on any atom is -0.494 e. The molecular weight excluding hydrogens is 613 g/mol. The van der Waals surface area contributed by atoms with E-state index in [2.05, 4.69) is 10.7 Å². The summed E-state index contributed by atoms with van der Waals surface area (Å²) < 4.78 is 7.39. The van der Waals surface area contributed by atoms with Gasteiger partial charge in [-0.2, -0.15) is 0 Å². The zero-order valence-corrected chi connectivity index (χ0v) is 28.2. The highest BCUT2D eigenvalue weighted by molar-refractivity contribution is 8.02. The summed E-state index contributed by atoms with van der Waals surface area (Å²) in [6.45, 7) is 11.6. The highest BCUT2D eigenvalue weighted by Crippen LogP contribution is 2.34. The minimum absolute atomic E-state index is 0.0759. The molecule has 1 amide bonds. The summed E-state index contributed by atoms with van der Waals surface area (Å²) in [7, 11) is 0. The molecule has 3 unspecified atom stereocenters. The van der Waals surface area contributed by atoms with Crippen LogP contribution in [0.3, 0.4) is 0 Å². The number of nitrogens with zero attached hydrogens (tertiary/aromatic N) is 2. The molecule has 2 fully saturated rings. The molecule has 3 aromatic rings. The fourth-order valence-corrected chi connectivity index (χ4v) is 7.07. The maximum absolute atomic E-state index is 14.5. The fraction of sp³-hybridized carbons (Fsp3) is 0.371. The minimum atomic E-state index is -0.253. The number of carbonyl (C=O) groups excluding carboxylic acids is 1. The van der Waals surface area contributed by atoms with E-state index < -0.39 is 0 Å². The van der Waals surface area contributed by atoms with Crippen molar-refractivity contribution < 1.29 is 9.53 Å². The number of benzene rings is 2. The molecule has 2 aliphatic heterocycles. The zero-order valence-electron chi connectivity index (χ0n) is 25.8. The molecule has 44 heavy (non-hydrogen) atoms. The van der Waals surface area contributed by atoms with Gasteiger partial charge in [0.1, 0.15) is 5.75 Å². The molecule has 3 atom stereocenters. The van der Waals surface area contributed by atoms with Gasteiger partial charge in [-0.3, -0.25) is 14.2 Å². The molecule has 2 saturated heterocycles. The van der Waals surface area contributed by atoms with Crippen LogP contribution >= 0.6 is 35.0 Å². The number of allylic oxidation sites excluding steroid dienone is 2. The molecule has 232 valence electrons. The lowest BCUT2D eigenvalue weighted by atomic mass is 10.0. The first kappa shape index (κ1) is 32.4. The van der Waals surface area contributed by atoms with Gasteiger partial charge in [0.15, 0.2) is 0 Å². The number of amides is 1. The lowest BCUT2D eigenvalue weighted by molar-refractivity contribution is 0.0696. The standard InChI is InChI=1S/C35H39Cl2N3O3S/c1-6-43-28-13-14-31(37)33(16-28)40-32(15-21(2)3)30(34(41)39-18-26-11-12-27(19-39)38-26)17-29(35(40)42)23(5)44-20-22(4)24-7-9-25(36)10-8-24/h7-10,13-17,20,23,26-27,38H,6,11-12,18-19H2,1-5H3/b22-20+. The van der Waals surface area contributed by atoms with Crippen molar-refractivity contribution in [1.82, 2.24) is 14.8 Å². The number of hydrogen-bond acceptors (Lipinski definition) is 5. The molecule has 1 aromatic heterocycles. The van der Waals surface area contributed by atoms with Crippen molar-refractivity contribution in [3.63, 3.8) is 0 Å². The van der Waals surface area contributed by atoms with E-state index in [4.69, 9.17) is 27.9 Å². The van der Waals surface area contributed by atoms with Crippen molar-refractivity contribution >= 4 is 52.5 Å². The maximum Gasteiger partial charge on any atom is 0.259 e. The zero-order chi connectivity index (χ0) is 31.5. The van der Waals surface area contributed by atoms with Crippen molar-refractivity contribution in [3.05, 3.63) is 102 Å². The van der Waals surface area contributed by atoms with Crippen LogP contribution < -0.4 is 15.6 Å². The van der Waals surface area contributed by atoms with Crippen LogP contribution in [0.25, 0.3) is 17.3 Å². The van der Waals surface area contributed by atoms with Crippen LogP contribution in [0.2, 0.25) is 10.0 Å². The van der Waals surface area contributed by atoms with Crippen LogP contribution in [0.5, 0.6) is 5.75 Å². The topological polar surface area (TPSA) is 63.6 Å². The number of thioether (sulfide) groups is 1. The number of pyridine rings is 1. The average molecular weight is 653 g/mol. The van der Waals surface area contributed by atoms with Gasteiger partial charge in [-0.25, -0.2) is 0 Å². The van der Waals surface area contributed by atoms with E-state index in [0.29, 0.717) is 70.1 Å². The van der Waals surface area contributed by atoms with E-state index in [1.807, 2.05) is 75.9 Å². The number of nitrogens with one attached hydrogen (secondary N) is 1. The van der Waals surface area contributed by atoms with E-state index in [-0.39, 0.29) is 16.7 Å². The molecule has 2 bridgehead atoms. The lowest BCUT2D eigenvalue weighted by Crippen LogP contribution is -2.53. The molecule has 3 heterocycles. The van der Waals surface area contributed by atoms with Crippen molar-refractivity contribution in [2.24, 2.45) is 0 Å². The Morgan fingerprint density at radius 3 is 2.39 bits per heavy atom. The second-order valence-corrected chi connectivity index (χ2v) is 13.8. The molecule has 0 saturated carbocycles. The van der Waals surface area contributed by atoms with Gasteiger partial charge in [-0.15, -0.1) is 11.8 Å². The number of carbonyl (C=O) groups is 1. The molecule has 0 aliphatic carbocycles. The average Bonchev–Trinajstić information content (AvgIpc) is 3.34. The highest BCUT2D eigenvalue weighted by Gasteiger charge is 2.36. The number of ether oxygens (including phenoxy) is 1. The summed E-state index contributed by atoms with van der Waals surface area (Å²) >= 11 is 14.4. The van der Waals surface area contributed by atoms with Crippen LogP contribution in [0.4, 0.5) is 0 Å². The molecule has 9 heteroatoms. The number of piperazine rings is 1.